The molecule has 0 aliphatic rings. The molecule has 0 aromatic heterocycles. The molecule has 0 fully saturated rings. The summed E-state index contributed by atoms with van der Waals surface area (Å²) >= 11 is 0. The Hall–Kier alpha value is -0.0800. The van der Waals surface area contributed by atoms with Gasteiger partial charge in [-0.15, -0.1) is 0 Å². The van der Waals surface area contributed by atoms with Crippen LogP contribution in [0.5, 0.6) is 0 Å². The second kappa shape index (κ2) is 16.9. The van der Waals surface area contributed by atoms with Gasteiger partial charge in [-0.1, -0.05) is 72.1 Å². The smallest absolute Gasteiger partial charge is 0.0512 e. The third kappa shape index (κ3) is 18.3. The Labute approximate surface area is 115 Å². The van der Waals surface area contributed by atoms with E-state index >= 15 is 0 Å². The number of unbranched alkanes of at least 4 members (excludes halogenated alkanes) is 5. The van der Waals surface area contributed by atoms with Crippen LogP contribution in [0.3, 0.4) is 0 Å². The first-order valence-electron chi connectivity index (χ1n) is 7.91. The molecule has 0 aromatic rings. The lowest BCUT2D eigenvalue weighted by atomic mass is 10.1. The average molecular weight is 260 g/mol. The molecule has 18 heavy (non-hydrogen) atoms. The van der Waals surface area contributed by atoms with E-state index in [9.17, 15) is 0 Å². The van der Waals surface area contributed by atoms with Crippen molar-refractivity contribution in [3.8, 4) is 0 Å². The maximum atomic E-state index is 8.96. The summed E-state index contributed by atoms with van der Waals surface area (Å²) in [6, 6.07) is 0. The molecule has 0 bridgehead atoms. The van der Waals surface area contributed by atoms with E-state index in [0.717, 1.165) is 19.3 Å². The monoisotopic (exact) mass is 260 g/mol. The van der Waals surface area contributed by atoms with E-state index < -0.39 is 0 Å². The fourth-order valence-corrected chi connectivity index (χ4v) is 1.77. The lowest BCUT2D eigenvalue weighted by molar-refractivity contribution is 0.180. The SMILES string of the molecule is CCC(CC)CO.CCCCCCCCC(C)O. The number of rotatable bonds is 10. The molecule has 2 N–H and O–H groups in total. The number of hydrogen-bond donors (Lipinski definition) is 2. The van der Waals surface area contributed by atoms with Crippen LogP contribution in [0.2, 0.25) is 0 Å². The Morgan fingerprint density at radius 1 is 0.833 bits per heavy atom. The zero-order valence-electron chi connectivity index (χ0n) is 13.1. The van der Waals surface area contributed by atoms with Gasteiger partial charge >= 0.3 is 0 Å². The van der Waals surface area contributed by atoms with Crippen molar-refractivity contribution in [2.24, 2.45) is 5.92 Å². The summed E-state index contributed by atoms with van der Waals surface area (Å²) in [7, 11) is 0. The molecule has 0 aliphatic heterocycles. The minimum atomic E-state index is -0.0961. The van der Waals surface area contributed by atoms with Crippen LogP contribution in [0.25, 0.3) is 0 Å². The van der Waals surface area contributed by atoms with Gasteiger partial charge in [-0.05, 0) is 19.3 Å². The predicted molar refractivity (Wildman–Crippen MR) is 80.8 cm³/mol. The molecule has 0 spiro atoms. The molecule has 0 rings (SSSR count). The van der Waals surface area contributed by atoms with Crippen molar-refractivity contribution in [1.82, 2.24) is 0 Å². The van der Waals surface area contributed by atoms with Crippen LogP contribution in [0.4, 0.5) is 0 Å². The Morgan fingerprint density at radius 2 is 1.33 bits per heavy atom. The lowest BCUT2D eigenvalue weighted by Gasteiger charge is -2.04. The number of aliphatic hydroxyl groups excluding tert-OH is 2. The van der Waals surface area contributed by atoms with Gasteiger partial charge in [0.15, 0.2) is 0 Å². The highest BCUT2D eigenvalue weighted by molar-refractivity contribution is 4.49. The summed E-state index contributed by atoms with van der Waals surface area (Å²) in [6.07, 6.45) is 11.0. The van der Waals surface area contributed by atoms with Crippen molar-refractivity contribution in [1.29, 1.82) is 0 Å². The van der Waals surface area contributed by atoms with Crippen LogP contribution in [0.15, 0.2) is 0 Å². The van der Waals surface area contributed by atoms with E-state index in [0.29, 0.717) is 12.5 Å². The Balaban J connectivity index is 0. The summed E-state index contributed by atoms with van der Waals surface area (Å²) in [5.41, 5.74) is 0. The normalized spacial score (nSPS) is 12.2. The summed E-state index contributed by atoms with van der Waals surface area (Å²) in [6.45, 7) is 8.66. The largest absolute Gasteiger partial charge is 0.396 e. The van der Waals surface area contributed by atoms with Gasteiger partial charge in [0.05, 0.1) is 6.10 Å². The Morgan fingerprint density at radius 3 is 1.67 bits per heavy atom. The predicted octanol–water partition coefficient (Wildman–Crippen LogP) is 4.53. The van der Waals surface area contributed by atoms with Crippen LogP contribution in [-0.2, 0) is 0 Å². The van der Waals surface area contributed by atoms with E-state index in [-0.39, 0.29) is 6.10 Å². The molecule has 0 saturated carbocycles. The maximum Gasteiger partial charge on any atom is 0.0512 e. The van der Waals surface area contributed by atoms with Gasteiger partial charge in [-0.3, -0.25) is 0 Å². The zero-order valence-corrected chi connectivity index (χ0v) is 13.1. The topological polar surface area (TPSA) is 40.5 Å². The average Bonchev–Trinajstić information content (AvgIpc) is 2.36. The van der Waals surface area contributed by atoms with Gasteiger partial charge in [-0.25, -0.2) is 0 Å². The van der Waals surface area contributed by atoms with Gasteiger partial charge in [0.25, 0.3) is 0 Å². The highest BCUT2D eigenvalue weighted by Gasteiger charge is 1.97. The second-order valence-corrected chi connectivity index (χ2v) is 5.27. The fourth-order valence-electron chi connectivity index (χ4n) is 1.77. The third-order valence-corrected chi connectivity index (χ3v) is 3.39. The number of aliphatic hydroxyl groups is 2. The van der Waals surface area contributed by atoms with E-state index in [2.05, 4.69) is 20.8 Å². The van der Waals surface area contributed by atoms with Gasteiger partial charge in [0.1, 0.15) is 0 Å². The maximum absolute atomic E-state index is 8.96. The summed E-state index contributed by atoms with van der Waals surface area (Å²) in [5.74, 6) is 0.542. The molecule has 2 heteroatoms. The highest BCUT2D eigenvalue weighted by Crippen LogP contribution is 2.08. The molecule has 112 valence electrons. The minimum absolute atomic E-state index is 0.0961. The second-order valence-electron chi connectivity index (χ2n) is 5.27. The van der Waals surface area contributed by atoms with Crippen LogP contribution in [-0.4, -0.2) is 22.9 Å². The summed E-state index contributed by atoms with van der Waals surface area (Å²) in [5, 5.41) is 17.5. The summed E-state index contributed by atoms with van der Waals surface area (Å²) in [4.78, 5) is 0. The molecule has 0 radical (unpaired) electrons. The van der Waals surface area contributed by atoms with Crippen molar-refractivity contribution in [2.45, 2.75) is 91.6 Å². The molecule has 0 amide bonds. The molecule has 0 heterocycles. The molecular formula is C16H36O2. The van der Waals surface area contributed by atoms with Gasteiger partial charge in [0.2, 0.25) is 0 Å². The molecular weight excluding hydrogens is 224 g/mol. The molecule has 2 nitrogen and oxygen atoms in total. The number of hydrogen-bond acceptors (Lipinski definition) is 2. The Bertz CT molecular complexity index is 126. The van der Waals surface area contributed by atoms with Gasteiger partial charge in [0, 0.05) is 6.61 Å². The van der Waals surface area contributed by atoms with Crippen molar-refractivity contribution in [2.75, 3.05) is 6.61 Å². The van der Waals surface area contributed by atoms with Crippen molar-refractivity contribution >= 4 is 0 Å². The molecule has 0 aromatic carbocycles. The highest BCUT2D eigenvalue weighted by atomic mass is 16.3. The lowest BCUT2D eigenvalue weighted by Crippen LogP contribution is -2.01. The minimum Gasteiger partial charge on any atom is -0.396 e. The molecule has 1 atom stereocenters. The zero-order chi connectivity index (χ0) is 14.2. The van der Waals surface area contributed by atoms with E-state index in [4.69, 9.17) is 10.2 Å². The van der Waals surface area contributed by atoms with Gasteiger partial charge < -0.3 is 10.2 Å². The quantitative estimate of drug-likeness (QED) is 0.566. The van der Waals surface area contributed by atoms with Crippen molar-refractivity contribution in [3.05, 3.63) is 0 Å². The van der Waals surface area contributed by atoms with Crippen LogP contribution >= 0.6 is 0 Å². The first kappa shape index (κ1) is 20.2. The van der Waals surface area contributed by atoms with Crippen molar-refractivity contribution < 1.29 is 10.2 Å². The Kier molecular flexibility index (Phi) is 19.0. The van der Waals surface area contributed by atoms with Crippen LogP contribution < -0.4 is 0 Å². The first-order chi connectivity index (χ1) is 8.62. The molecule has 1 unspecified atom stereocenters. The van der Waals surface area contributed by atoms with Gasteiger partial charge in [-0.2, -0.15) is 0 Å². The van der Waals surface area contributed by atoms with Crippen molar-refractivity contribution in [3.63, 3.8) is 0 Å². The van der Waals surface area contributed by atoms with Crippen LogP contribution in [0.1, 0.15) is 85.5 Å². The molecule has 0 aliphatic carbocycles. The third-order valence-electron chi connectivity index (χ3n) is 3.39. The van der Waals surface area contributed by atoms with E-state index in [1.165, 1.54) is 38.5 Å². The summed E-state index contributed by atoms with van der Waals surface area (Å²) < 4.78 is 0. The standard InChI is InChI=1S/C10H22O.C6H14O/c1-3-4-5-6-7-8-9-10(2)11;1-3-6(4-2)5-7/h10-11H,3-9H2,1-2H3;6-7H,3-5H2,1-2H3. The fraction of sp³-hybridized carbons (Fsp3) is 1.00. The molecule has 0 saturated heterocycles. The van der Waals surface area contributed by atoms with Crippen LogP contribution in [0, 0.1) is 5.92 Å². The van der Waals surface area contributed by atoms with E-state index in [1.54, 1.807) is 0 Å². The first-order valence-corrected chi connectivity index (χ1v) is 7.91. The van der Waals surface area contributed by atoms with E-state index in [1.807, 2.05) is 6.92 Å².